The summed E-state index contributed by atoms with van der Waals surface area (Å²) < 4.78 is 14.4. The summed E-state index contributed by atoms with van der Waals surface area (Å²) >= 11 is 13.1. The number of nitrogens with zero attached hydrogens (tertiary/aromatic N) is 4. The molecule has 0 spiro atoms. The predicted molar refractivity (Wildman–Crippen MR) is 196 cm³/mol. The third kappa shape index (κ3) is 5.15. The molecule has 3 unspecified atom stereocenters. The molecule has 9 rings (SSSR count). The van der Waals surface area contributed by atoms with Crippen LogP contribution in [0.25, 0.3) is 33.4 Å². The lowest BCUT2D eigenvalue weighted by molar-refractivity contribution is -0.116. The maximum absolute atomic E-state index is 14.6. The zero-order chi connectivity index (χ0) is 35.0. The zero-order valence-electron chi connectivity index (χ0n) is 27.7. The third-order valence-electron chi connectivity index (χ3n) is 10.1. The number of nitrogens with one attached hydrogen (secondary N) is 2. The Balaban J connectivity index is 1.16. The maximum atomic E-state index is 14.6. The second-order valence-corrected chi connectivity index (χ2v) is 14.6. The fourth-order valence-corrected chi connectivity index (χ4v) is 8.29. The zero-order valence-corrected chi connectivity index (χ0v) is 29.2. The second-order valence-electron chi connectivity index (χ2n) is 13.7. The first-order valence-corrected chi connectivity index (χ1v) is 17.6. The van der Waals surface area contributed by atoms with E-state index in [-0.39, 0.29) is 24.1 Å². The molecule has 0 radical (unpaired) electrons. The minimum Gasteiger partial charge on any atom is -0.466 e. The normalized spacial score (nSPS) is 20.1. The van der Waals surface area contributed by atoms with E-state index in [0.29, 0.717) is 33.5 Å². The highest BCUT2D eigenvalue weighted by atomic mass is 35.5. The molecule has 51 heavy (non-hydrogen) atoms. The number of ether oxygens (including phenoxy) is 2. The first-order valence-electron chi connectivity index (χ1n) is 16.8. The van der Waals surface area contributed by atoms with Gasteiger partial charge in [0.25, 0.3) is 5.91 Å². The number of pyridine rings is 1. The van der Waals surface area contributed by atoms with E-state index in [0.717, 1.165) is 51.8 Å². The number of halogens is 2. The topological polar surface area (TPSA) is 114 Å². The van der Waals surface area contributed by atoms with Crippen LogP contribution in [-0.2, 0) is 4.74 Å². The van der Waals surface area contributed by atoms with E-state index in [9.17, 15) is 9.59 Å². The molecule has 3 atom stereocenters. The smallest absolute Gasteiger partial charge is 0.410 e. The summed E-state index contributed by atoms with van der Waals surface area (Å²) in [7, 11) is 0. The van der Waals surface area contributed by atoms with E-state index in [4.69, 9.17) is 37.7 Å². The highest BCUT2D eigenvalue weighted by Crippen LogP contribution is 2.50. The maximum Gasteiger partial charge on any atom is 0.410 e. The van der Waals surface area contributed by atoms with Gasteiger partial charge in [-0.25, -0.2) is 14.8 Å². The Kier molecular flexibility index (Phi) is 7.38. The van der Waals surface area contributed by atoms with Crippen molar-refractivity contribution in [1.82, 2.24) is 24.4 Å². The molecule has 256 valence electrons. The number of imidazole rings is 1. The number of hydrogen-bond acceptors (Lipinski definition) is 6. The van der Waals surface area contributed by atoms with Gasteiger partial charge in [-0.3, -0.25) is 4.79 Å². The number of amides is 2. The number of carbonyl (C=O) groups excluding carboxylic acids is 2. The molecular formula is C39H32Cl2N6O4. The molecule has 3 aliphatic heterocycles. The highest BCUT2D eigenvalue weighted by Gasteiger charge is 2.52. The summed E-state index contributed by atoms with van der Waals surface area (Å²) in [6.07, 6.45) is 4.24. The van der Waals surface area contributed by atoms with Gasteiger partial charge in [0, 0.05) is 44.8 Å². The fraction of sp³-hybridized carbons (Fsp3) is 0.231. The molecule has 2 saturated heterocycles. The average molecular weight is 720 g/mol. The lowest BCUT2D eigenvalue weighted by Gasteiger charge is -2.45. The summed E-state index contributed by atoms with van der Waals surface area (Å²) in [5.74, 6) is -0.158. The number of H-pyrrole nitrogens is 1. The largest absolute Gasteiger partial charge is 0.466 e. The van der Waals surface area contributed by atoms with Crippen molar-refractivity contribution in [3.05, 3.63) is 118 Å². The van der Waals surface area contributed by atoms with E-state index in [2.05, 4.69) is 19.9 Å². The molecule has 3 aromatic carbocycles. The molecule has 0 saturated carbocycles. The first kappa shape index (κ1) is 31.6. The van der Waals surface area contributed by atoms with Crippen molar-refractivity contribution in [3.63, 3.8) is 0 Å². The van der Waals surface area contributed by atoms with Gasteiger partial charge < -0.3 is 29.2 Å². The van der Waals surface area contributed by atoms with E-state index < -0.39 is 17.6 Å². The summed E-state index contributed by atoms with van der Waals surface area (Å²) in [5.41, 5.74) is 5.61. The van der Waals surface area contributed by atoms with Crippen LogP contribution >= 0.6 is 23.2 Å². The van der Waals surface area contributed by atoms with Crippen molar-refractivity contribution in [3.8, 4) is 28.4 Å². The standard InChI is InChI=1S/C39H32Cl2N6O4/c1-39(2)35(28-11-7-17-46(28)38(49)51-39)50-37-26(10-6-16-42-37)45-36(48)32-30-29-25(18-24(41)19-27(29)44-32)33(22-12-14-23(40)15-13-22)47-20-43-31(34(30)47)21-8-4-3-5-9-21/h3-6,8-10,12-16,18-20,28,33,35,44H,7,11,17H2,1-2H3,(H,45,48). The minimum atomic E-state index is -0.911. The van der Waals surface area contributed by atoms with Crippen molar-refractivity contribution < 1.29 is 19.1 Å². The number of hydrogen-bond donors (Lipinski definition) is 2. The van der Waals surface area contributed by atoms with Crippen LogP contribution in [0.4, 0.5) is 10.5 Å². The van der Waals surface area contributed by atoms with Crippen molar-refractivity contribution in [2.45, 2.75) is 50.5 Å². The van der Waals surface area contributed by atoms with Crippen LogP contribution < -0.4 is 10.1 Å². The Morgan fingerprint density at radius 1 is 1.02 bits per heavy atom. The lowest BCUT2D eigenvalue weighted by atomic mass is 9.88. The van der Waals surface area contributed by atoms with Crippen LogP contribution in [-0.4, -0.2) is 60.7 Å². The fourth-order valence-electron chi connectivity index (χ4n) is 7.94. The molecule has 10 nitrogen and oxygen atoms in total. The van der Waals surface area contributed by atoms with Gasteiger partial charge in [0.1, 0.15) is 17.0 Å². The first-order chi connectivity index (χ1) is 24.7. The number of benzene rings is 3. The molecule has 6 aromatic rings. The van der Waals surface area contributed by atoms with E-state index in [1.807, 2.05) is 86.9 Å². The highest BCUT2D eigenvalue weighted by molar-refractivity contribution is 6.32. The lowest BCUT2D eigenvalue weighted by Crippen LogP contribution is -2.62. The van der Waals surface area contributed by atoms with Crippen molar-refractivity contribution in [2.75, 3.05) is 11.9 Å². The molecule has 3 aromatic heterocycles. The molecule has 2 amide bonds. The number of cyclic esters (lactones) is 1. The number of carbonyl (C=O) groups is 2. The SMILES string of the molecule is CC1(C)OC(=O)N2CCCC2C1Oc1ncccc1NC(=O)c1[nH]c2cc(Cl)cc3c2c1-c1c(-c2ccccc2)ncn1C3c1ccc(Cl)cc1. The monoisotopic (exact) mass is 718 g/mol. The summed E-state index contributed by atoms with van der Waals surface area (Å²) in [4.78, 5) is 41.9. The Morgan fingerprint density at radius 2 is 1.82 bits per heavy atom. The number of anilines is 1. The van der Waals surface area contributed by atoms with Gasteiger partial charge >= 0.3 is 6.09 Å². The van der Waals surface area contributed by atoms with Gasteiger partial charge in [0.15, 0.2) is 6.10 Å². The number of rotatable bonds is 6. The minimum absolute atomic E-state index is 0.168. The van der Waals surface area contributed by atoms with E-state index >= 15 is 0 Å². The van der Waals surface area contributed by atoms with Crippen LogP contribution in [0.2, 0.25) is 10.0 Å². The molecule has 2 N–H and O–H groups in total. The van der Waals surface area contributed by atoms with Gasteiger partial charge in [-0.05, 0) is 74.2 Å². The third-order valence-corrected chi connectivity index (χ3v) is 10.6. The van der Waals surface area contributed by atoms with Gasteiger partial charge in [-0.2, -0.15) is 0 Å². The van der Waals surface area contributed by atoms with Crippen LogP contribution in [0.5, 0.6) is 5.88 Å². The Hall–Kier alpha value is -5.32. The van der Waals surface area contributed by atoms with Gasteiger partial charge in [-0.1, -0.05) is 65.7 Å². The van der Waals surface area contributed by atoms with Gasteiger partial charge in [-0.15, -0.1) is 0 Å². The van der Waals surface area contributed by atoms with Crippen LogP contribution in [0, 0.1) is 0 Å². The van der Waals surface area contributed by atoms with Crippen LogP contribution in [0.3, 0.4) is 0 Å². The van der Waals surface area contributed by atoms with Crippen LogP contribution in [0.1, 0.15) is 54.3 Å². The van der Waals surface area contributed by atoms with Crippen LogP contribution in [0.15, 0.2) is 91.4 Å². The van der Waals surface area contributed by atoms with Crippen molar-refractivity contribution >= 4 is 51.8 Å². The second kappa shape index (κ2) is 11.9. The summed E-state index contributed by atoms with van der Waals surface area (Å²) in [6.45, 7) is 4.30. The molecule has 6 heterocycles. The van der Waals surface area contributed by atoms with E-state index in [1.54, 1.807) is 23.2 Å². The molecule has 3 aliphatic rings. The average Bonchev–Trinajstić information content (AvgIpc) is 3.86. The molecule has 0 bridgehead atoms. The predicted octanol–water partition coefficient (Wildman–Crippen LogP) is 8.74. The molecule has 2 fully saturated rings. The van der Waals surface area contributed by atoms with Crippen molar-refractivity contribution in [1.29, 1.82) is 0 Å². The summed E-state index contributed by atoms with van der Waals surface area (Å²) in [6, 6.07) is 24.5. The van der Waals surface area contributed by atoms with Crippen molar-refractivity contribution in [2.24, 2.45) is 0 Å². The molecule has 0 aliphatic carbocycles. The Morgan fingerprint density at radius 3 is 2.63 bits per heavy atom. The number of aromatic amines is 1. The number of fused-ring (bicyclic) bond motifs is 3. The molecule has 12 heteroatoms. The quantitative estimate of drug-likeness (QED) is 0.178. The Labute approximate surface area is 303 Å². The Bertz CT molecular complexity index is 2350. The summed E-state index contributed by atoms with van der Waals surface area (Å²) in [5, 5.41) is 5.13. The van der Waals surface area contributed by atoms with Gasteiger partial charge in [0.2, 0.25) is 5.88 Å². The van der Waals surface area contributed by atoms with E-state index in [1.165, 1.54) is 0 Å². The molecular weight excluding hydrogens is 687 g/mol. The number of aromatic nitrogens is 4. The van der Waals surface area contributed by atoms with Gasteiger partial charge in [0.05, 0.1) is 29.8 Å².